The zero-order valence-electron chi connectivity index (χ0n) is 11.3. The van der Waals surface area contributed by atoms with Gasteiger partial charge >= 0.3 is 12.1 Å². The molecular formula is C12H19N3O4. The summed E-state index contributed by atoms with van der Waals surface area (Å²) in [7, 11) is 0. The Morgan fingerprint density at radius 2 is 2.16 bits per heavy atom. The van der Waals surface area contributed by atoms with E-state index in [0.717, 1.165) is 0 Å². The summed E-state index contributed by atoms with van der Waals surface area (Å²) in [4.78, 5) is 26.4. The number of ether oxygens (including phenoxy) is 1. The normalized spacial score (nSPS) is 12.8. The highest BCUT2D eigenvalue weighted by Crippen LogP contribution is 2.07. The second-order valence-corrected chi connectivity index (χ2v) is 5.13. The minimum atomic E-state index is -1.09. The fourth-order valence-corrected chi connectivity index (χ4v) is 1.40. The smallest absolute Gasteiger partial charge is 0.408 e. The standard InChI is InChI=1S/C12H19N3O4/c1-12(2,3)19-11(18)14-9(10(16)17)4-6-15-7-5-13-8-15/h5,7-9H,4,6H2,1-3H3,(H,14,18)(H,16,17). The van der Waals surface area contributed by atoms with E-state index in [0.29, 0.717) is 6.54 Å². The van der Waals surface area contributed by atoms with Crippen LogP contribution in [0.4, 0.5) is 4.79 Å². The van der Waals surface area contributed by atoms with E-state index in [1.165, 1.54) is 0 Å². The second kappa shape index (κ2) is 6.21. The maximum Gasteiger partial charge on any atom is 0.408 e. The lowest BCUT2D eigenvalue weighted by atomic mass is 10.2. The van der Waals surface area contributed by atoms with Gasteiger partial charge < -0.3 is 19.7 Å². The van der Waals surface area contributed by atoms with Gasteiger partial charge in [-0.2, -0.15) is 0 Å². The molecule has 1 aromatic rings. The molecule has 0 bridgehead atoms. The van der Waals surface area contributed by atoms with Crippen LogP contribution in [-0.4, -0.2) is 38.4 Å². The van der Waals surface area contributed by atoms with E-state index < -0.39 is 23.7 Å². The summed E-state index contributed by atoms with van der Waals surface area (Å²) in [6.45, 7) is 5.60. The van der Waals surface area contributed by atoms with E-state index in [9.17, 15) is 9.59 Å². The van der Waals surface area contributed by atoms with Crippen molar-refractivity contribution in [2.75, 3.05) is 0 Å². The molecule has 1 unspecified atom stereocenters. The number of aliphatic carboxylic acids is 1. The summed E-state index contributed by atoms with van der Waals surface area (Å²) in [6.07, 6.45) is 4.45. The lowest BCUT2D eigenvalue weighted by Crippen LogP contribution is -2.43. The van der Waals surface area contributed by atoms with E-state index in [2.05, 4.69) is 10.3 Å². The van der Waals surface area contributed by atoms with Crippen LogP contribution in [0.25, 0.3) is 0 Å². The van der Waals surface area contributed by atoms with Gasteiger partial charge in [0, 0.05) is 18.9 Å². The number of carboxylic acids is 1. The molecule has 0 aliphatic carbocycles. The van der Waals surface area contributed by atoms with Crippen molar-refractivity contribution in [2.45, 2.75) is 45.4 Å². The predicted molar refractivity (Wildman–Crippen MR) is 67.6 cm³/mol. The molecular weight excluding hydrogens is 250 g/mol. The Bertz CT molecular complexity index is 423. The summed E-state index contributed by atoms with van der Waals surface area (Å²) >= 11 is 0. The molecule has 1 rings (SSSR count). The first-order valence-electron chi connectivity index (χ1n) is 5.96. The maximum absolute atomic E-state index is 11.5. The van der Waals surface area contributed by atoms with Crippen molar-refractivity contribution in [3.8, 4) is 0 Å². The molecule has 0 aromatic carbocycles. The number of amides is 1. The van der Waals surface area contributed by atoms with Crippen LogP contribution in [0.3, 0.4) is 0 Å². The molecule has 0 aliphatic rings. The van der Waals surface area contributed by atoms with Gasteiger partial charge in [0.15, 0.2) is 0 Å². The molecule has 1 atom stereocenters. The quantitative estimate of drug-likeness (QED) is 0.839. The van der Waals surface area contributed by atoms with Crippen molar-refractivity contribution in [1.82, 2.24) is 14.9 Å². The number of aromatic nitrogens is 2. The van der Waals surface area contributed by atoms with Crippen LogP contribution in [0.15, 0.2) is 18.7 Å². The topological polar surface area (TPSA) is 93.5 Å². The summed E-state index contributed by atoms with van der Waals surface area (Å²) in [5, 5.41) is 11.4. The molecule has 7 nitrogen and oxygen atoms in total. The van der Waals surface area contributed by atoms with Crippen LogP contribution in [-0.2, 0) is 16.1 Å². The van der Waals surface area contributed by atoms with E-state index >= 15 is 0 Å². The van der Waals surface area contributed by atoms with E-state index in [4.69, 9.17) is 9.84 Å². The average molecular weight is 269 g/mol. The largest absolute Gasteiger partial charge is 0.480 e. The van der Waals surface area contributed by atoms with Crippen LogP contribution in [0.1, 0.15) is 27.2 Å². The van der Waals surface area contributed by atoms with Gasteiger partial charge in [-0.1, -0.05) is 0 Å². The number of rotatable bonds is 5. The molecule has 19 heavy (non-hydrogen) atoms. The first-order chi connectivity index (χ1) is 8.78. The van der Waals surface area contributed by atoms with E-state index in [-0.39, 0.29) is 6.42 Å². The van der Waals surface area contributed by atoms with Crippen LogP contribution >= 0.6 is 0 Å². The molecule has 0 fully saturated rings. The minimum Gasteiger partial charge on any atom is -0.480 e. The Kier molecular flexibility index (Phi) is 4.91. The first-order valence-corrected chi connectivity index (χ1v) is 5.96. The average Bonchev–Trinajstić information content (AvgIpc) is 2.73. The minimum absolute atomic E-state index is 0.255. The maximum atomic E-state index is 11.5. The molecule has 1 heterocycles. The zero-order chi connectivity index (χ0) is 14.5. The number of nitrogens with zero attached hydrogens (tertiary/aromatic N) is 2. The Morgan fingerprint density at radius 3 is 2.63 bits per heavy atom. The Balaban J connectivity index is 2.49. The summed E-state index contributed by atoms with van der Waals surface area (Å²) in [5.74, 6) is -1.09. The molecule has 0 aliphatic heterocycles. The Hall–Kier alpha value is -2.05. The number of aryl methyl sites for hydroxylation is 1. The lowest BCUT2D eigenvalue weighted by molar-refractivity contribution is -0.139. The molecule has 106 valence electrons. The number of alkyl carbamates (subject to hydrolysis) is 1. The van der Waals surface area contributed by atoms with Crippen molar-refractivity contribution in [1.29, 1.82) is 0 Å². The molecule has 2 N–H and O–H groups in total. The van der Waals surface area contributed by atoms with Crippen molar-refractivity contribution in [3.63, 3.8) is 0 Å². The highest BCUT2D eigenvalue weighted by atomic mass is 16.6. The second-order valence-electron chi connectivity index (χ2n) is 5.13. The molecule has 7 heteroatoms. The third-order valence-corrected chi connectivity index (χ3v) is 2.22. The lowest BCUT2D eigenvalue weighted by Gasteiger charge is -2.22. The van der Waals surface area contributed by atoms with Gasteiger partial charge in [0.05, 0.1) is 6.33 Å². The first kappa shape index (κ1) is 15.0. The molecule has 1 aromatic heterocycles. The van der Waals surface area contributed by atoms with Crippen LogP contribution in [0.2, 0.25) is 0 Å². The van der Waals surface area contributed by atoms with Gasteiger partial charge in [0.1, 0.15) is 11.6 Å². The number of hydrogen-bond donors (Lipinski definition) is 2. The molecule has 0 saturated carbocycles. The van der Waals surface area contributed by atoms with Crippen LogP contribution in [0, 0.1) is 0 Å². The van der Waals surface area contributed by atoms with Gasteiger partial charge in [-0.25, -0.2) is 14.6 Å². The number of carbonyl (C=O) groups is 2. The number of nitrogens with one attached hydrogen (secondary N) is 1. The molecule has 0 saturated heterocycles. The number of carboxylic acid groups (broad SMARTS) is 1. The summed E-state index contributed by atoms with van der Waals surface area (Å²) in [6, 6.07) is -0.989. The monoisotopic (exact) mass is 269 g/mol. The van der Waals surface area contributed by atoms with Crippen LogP contribution in [0.5, 0.6) is 0 Å². The third-order valence-electron chi connectivity index (χ3n) is 2.22. The zero-order valence-corrected chi connectivity index (χ0v) is 11.3. The van der Waals surface area contributed by atoms with Gasteiger partial charge in [-0.15, -0.1) is 0 Å². The highest BCUT2D eigenvalue weighted by molar-refractivity contribution is 5.79. The van der Waals surface area contributed by atoms with Crippen molar-refractivity contribution >= 4 is 12.1 Å². The number of hydrogen-bond acceptors (Lipinski definition) is 4. The number of imidazole rings is 1. The summed E-state index contributed by atoms with van der Waals surface area (Å²) < 4.78 is 6.77. The van der Waals surface area contributed by atoms with Gasteiger partial charge in [-0.05, 0) is 27.2 Å². The highest BCUT2D eigenvalue weighted by Gasteiger charge is 2.23. The fraction of sp³-hybridized carbons (Fsp3) is 0.583. The Labute approximate surface area is 111 Å². The van der Waals surface area contributed by atoms with E-state index in [1.54, 1.807) is 44.1 Å². The van der Waals surface area contributed by atoms with Gasteiger partial charge in [-0.3, -0.25) is 0 Å². The fourth-order valence-electron chi connectivity index (χ4n) is 1.40. The van der Waals surface area contributed by atoms with Crippen molar-refractivity contribution in [3.05, 3.63) is 18.7 Å². The van der Waals surface area contributed by atoms with E-state index in [1.807, 2.05) is 0 Å². The van der Waals surface area contributed by atoms with Gasteiger partial charge in [0.25, 0.3) is 0 Å². The molecule has 0 spiro atoms. The van der Waals surface area contributed by atoms with Crippen molar-refractivity contribution < 1.29 is 19.4 Å². The van der Waals surface area contributed by atoms with Crippen LogP contribution < -0.4 is 5.32 Å². The Morgan fingerprint density at radius 1 is 1.47 bits per heavy atom. The van der Waals surface area contributed by atoms with Gasteiger partial charge in [0.2, 0.25) is 0 Å². The third kappa shape index (κ3) is 5.89. The number of carbonyl (C=O) groups excluding carboxylic acids is 1. The molecule has 0 radical (unpaired) electrons. The molecule has 1 amide bonds. The van der Waals surface area contributed by atoms with Crippen molar-refractivity contribution in [2.24, 2.45) is 0 Å². The summed E-state index contributed by atoms with van der Waals surface area (Å²) in [5.41, 5.74) is -0.655. The SMILES string of the molecule is CC(C)(C)OC(=O)NC(CCn1ccnc1)C(=O)O. The predicted octanol–water partition coefficient (Wildman–Crippen LogP) is 1.25.